The zero-order valence-electron chi connectivity index (χ0n) is 30.7. The number of hydrogen-bond acceptors (Lipinski definition) is 3. The summed E-state index contributed by atoms with van der Waals surface area (Å²) >= 11 is 0. The third kappa shape index (κ3) is 4.40. The van der Waals surface area contributed by atoms with E-state index in [9.17, 15) is 0 Å². The third-order valence-electron chi connectivity index (χ3n) is 13.0. The second-order valence-electron chi connectivity index (χ2n) is 15.8. The Morgan fingerprint density at radius 1 is 0.685 bits per heavy atom. The summed E-state index contributed by atoms with van der Waals surface area (Å²) in [5.74, 6) is 4.61. The summed E-state index contributed by atoms with van der Waals surface area (Å²) in [6.45, 7) is 4.91. The van der Waals surface area contributed by atoms with Gasteiger partial charge in [-0.15, -0.1) is 0 Å². The molecule has 11 rings (SSSR count). The van der Waals surface area contributed by atoms with E-state index in [0.29, 0.717) is 17.9 Å². The molecule has 1 spiro atoms. The lowest BCUT2D eigenvalue weighted by atomic mass is 9.61. The standard InChI is InChI=1S/C50H42N2O2/c1-31-29-43-48(35-17-6-9-23-42(35)52(43)34-15-4-3-5-16-34)47(32(31)2)36-18-14-21-40-49(36)54-46-30-33(41-22-12-13-28-51-41)26-27-39(46)50(40)37-19-7-10-24-44(37)53-45-25-11-8-20-38(45)50/h3-15,17-21,23-28,30-32,34,41,47H,16,22,29H2,1-2H3. The number of ether oxygens (including phenoxy) is 2. The molecular formula is C50H42N2O2. The van der Waals surface area contributed by atoms with Crippen LogP contribution in [-0.2, 0) is 11.8 Å². The van der Waals surface area contributed by atoms with Gasteiger partial charge >= 0.3 is 0 Å². The normalized spacial score (nSPS) is 23.9. The van der Waals surface area contributed by atoms with Crippen molar-refractivity contribution < 1.29 is 9.47 Å². The van der Waals surface area contributed by atoms with Crippen LogP contribution in [0.5, 0.6) is 23.0 Å². The fraction of sp³-hybridized carbons (Fsp3) is 0.220. The molecule has 0 saturated carbocycles. The van der Waals surface area contributed by atoms with Crippen LogP contribution in [0.2, 0.25) is 0 Å². The van der Waals surface area contributed by atoms with Crippen molar-refractivity contribution in [3.8, 4) is 23.0 Å². The molecule has 264 valence electrons. The molecule has 0 fully saturated rings. The molecule has 6 aromatic rings. The second kappa shape index (κ2) is 12.1. The fourth-order valence-corrected chi connectivity index (χ4v) is 10.4. The van der Waals surface area contributed by atoms with Gasteiger partial charge in [0.25, 0.3) is 0 Å². The quantitative estimate of drug-likeness (QED) is 0.184. The van der Waals surface area contributed by atoms with Crippen molar-refractivity contribution in [1.82, 2.24) is 4.57 Å². The van der Waals surface area contributed by atoms with E-state index >= 15 is 0 Å². The largest absolute Gasteiger partial charge is 0.457 e. The molecule has 0 saturated heterocycles. The smallest absolute Gasteiger partial charge is 0.136 e. The monoisotopic (exact) mass is 702 g/mol. The van der Waals surface area contributed by atoms with Gasteiger partial charge in [-0.05, 0) is 72.6 Å². The molecule has 0 amide bonds. The molecular weight excluding hydrogens is 661 g/mol. The highest BCUT2D eigenvalue weighted by Crippen LogP contribution is 2.63. The van der Waals surface area contributed by atoms with Gasteiger partial charge in [0.05, 0.1) is 17.5 Å². The van der Waals surface area contributed by atoms with E-state index in [0.717, 1.165) is 64.5 Å². The van der Waals surface area contributed by atoms with Crippen LogP contribution in [0.3, 0.4) is 0 Å². The van der Waals surface area contributed by atoms with Gasteiger partial charge in [0, 0.05) is 56.5 Å². The minimum atomic E-state index is -0.655. The molecule has 4 heteroatoms. The summed E-state index contributed by atoms with van der Waals surface area (Å²) in [4.78, 5) is 4.87. The SMILES string of the molecule is CC1Cc2c(c3ccccc3n2C2C=CC=CC2)C(c2cccc3c2Oc2cc(C4CC=CC=N4)ccc2C32c3ccccc3Oc3ccccc32)C1C. The summed E-state index contributed by atoms with van der Waals surface area (Å²) in [5.41, 5.74) is 10.6. The summed E-state index contributed by atoms with van der Waals surface area (Å²) in [5, 5.41) is 1.36. The average Bonchev–Trinajstić information content (AvgIpc) is 3.55. The number of aliphatic imine (C=N–C) groups is 1. The van der Waals surface area contributed by atoms with Crippen LogP contribution < -0.4 is 9.47 Å². The van der Waals surface area contributed by atoms with E-state index in [-0.39, 0.29) is 12.0 Å². The number of allylic oxidation sites excluding steroid dienone is 5. The number of benzene rings is 5. The molecule has 1 aromatic heterocycles. The Hall–Kier alpha value is -5.87. The second-order valence-corrected chi connectivity index (χ2v) is 15.8. The lowest BCUT2D eigenvalue weighted by Crippen LogP contribution is -2.37. The first-order valence-corrected chi connectivity index (χ1v) is 19.6. The number of aromatic nitrogens is 1. The van der Waals surface area contributed by atoms with Gasteiger partial charge in [0.2, 0.25) is 0 Å². The molecule has 2 aliphatic carbocycles. The van der Waals surface area contributed by atoms with Crippen molar-refractivity contribution in [1.29, 1.82) is 0 Å². The molecule has 0 N–H and O–H groups in total. The van der Waals surface area contributed by atoms with E-state index in [2.05, 4.69) is 158 Å². The highest BCUT2D eigenvalue weighted by atomic mass is 16.5. The Morgan fingerprint density at radius 2 is 1.43 bits per heavy atom. The van der Waals surface area contributed by atoms with Crippen molar-refractivity contribution in [3.05, 3.63) is 190 Å². The number of fused-ring (bicyclic) bond motifs is 11. The fourth-order valence-electron chi connectivity index (χ4n) is 10.4. The van der Waals surface area contributed by atoms with Gasteiger partial charge in [-0.1, -0.05) is 129 Å². The van der Waals surface area contributed by atoms with Gasteiger partial charge in [-0.25, -0.2) is 0 Å². The first kappa shape index (κ1) is 31.6. The maximum Gasteiger partial charge on any atom is 0.136 e. The number of para-hydroxylation sites is 4. The maximum absolute atomic E-state index is 7.45. The Morgan fingerprint density at radius 3 is 2.20 bits per heavy atom. The molecule has 54 heavy (non-hydrogen) atoms. The minimum absolute atomic E-state index is 0.0577. The number of nitrogens with zero attached hydrogens (tertiary/aromatic N) is 2. The molecule has 4 nitrogen and oxygen atoms in total. The summed E-state index contributed by atoms with van der Waals surface area (Å²) in [6.07, 6.45) is 18.2. The van der Waals surface area contributed by atoms with Gasteiger partial charge < -0.3 is 14.0 Å². The van der Waals surface area contributed by atoms with Crippen molar-refractivity contribution in [2.45, 2.75) is 56.5 Å². The molecule has 5 aliphatic rings. The third-order valence-corrected chi connectivity index (χ3v) is 13.0. The van der Waals surface area contributed by atoms with Crippen molar-refractivity contribution in [2.24, 2.45) is 16.8 Å². The lowest BCUT2D eigenvalue weighted by Gasteiger charge is -2.46. The topological polar surface area (TPSA) is 35.8 Å². The summed E-state index contributed by atoms with van der Waals surface area (Å²) in [6, 6.07) is 40.4. The van der Waals surface area contributed by atoms with E-state index in [4.69, 9.17) is 14.5 Å². The van der Waals surface area contributed by atoms with Crippen LogP contribution in [0, 0.1) is 11.8 Å². The number of hydrogen-bond donors (Lipinski definition) is 0. The van der Waals surface area contributed by atoms with Crippen LogP contribution in [-0.4, -0.2) is 10.8 Å². The van der Waals surface area contributed by atoms with Crippen LogP contribution in [0.4, 0.5) is 0 Å². The van der Waals surface area contributed by atoms with Crippen LogP contribution in [0.25, 0.3) is 10.9 Å². The van der Waals surface area contributed by atoms with E-state index in [1.165, 1.54) is 33.3 Å². The predicted octanol–water partition coefficient (Wildman–Crippen LogP) is 12.3. The Kier molecular flexibility index (Phi) is 7.08. The van der Waals surface area contributed by atoms with Crippen LogP contribution in [0.1, 0.15) is 89.3 Å². The zero-order chi connectivity index (χ0) is 36.0. The number of rotatable bonds is 3. The summed E-state index contributed by atoms with van der Waals surface area (Å²) in [7, 11) is 0. The molecule has 3 aliphatic heterocycles. The zero-order valence-corrected chi connectivity index (χ0v) is 30.7. The molecule has 5 atom stereocenters. The van der Waals surface area contributed by atoms with Crippen molar-refractivity contribution in [2.75, 3.05) is 0 Å². The Bertz CT molecular complexity index is 2570. The van der Waals surface area contributed by atoms with Crippen molar-refractivity contribution in [3.63, 3.8) is 0 Å². The first-order valence-electron chi connectivity index (χ1n) is 19.6. The Labute approximate surface area is 316 Å². The molecule has 0 radical (unpaired) electrons. The molecule has 5 aromatic carbocycles. The van der Waals surface area contributed by atoms with Gasteiger partial charge in [0.15, 0.2) is 0 Å². The minimum Gasteiger partial charge on any atom is -0.457 e. The van der Waals surface area contributed by atoms with E-state index in [1.807, 2.05) is 12.3 Å². The maximum atomic E-state index is 7.45. The van der Waals surface area contributed by atoms with E-state index in [1.54, 1.807) is 0 Å². The summed E-state index contributed by atoms with van der Waals surface area (Å²) < 4.78 is 16.8. The Balaban J connectivity index is 1.21. The molecule has 5 unspecified atom stereocenters. The highest BCUT2D eigenvalue weighted by molar-refractivity contribution is 5.88. The average molecular weight is 703 g/mol. The van der Waals surface area contributed by atoms with Crippen LogP contribution >= 0.6 is 0 Å². The molecule has 0 bridgehead atoms. The highest BCUT2D eigenvalue weighted by Gasteiger charge is 2.52. The van der Waals surface area contributed by atoms with E-state index < -0.39 is 5.41 Å². The van der Waals surface area contributed by atoms with Crippen LogP contribution in [0.15, 0.2) is 151 Å². The first-order chi connectivity index (χ1) is 26.6. The number of dihydropyridines is 1. The van der Waals surface area contributed by atoms with Gasteiger partial charge in [-0.2, -0.15) is 0 Å². The molecule has 4 heterocycles. The van der Waals surface area contributed by atoms with Gasteiger partial charge in [-0.3, -0.25) is 4.99 Å². The predicted molar refractivity (Wildman–Crippen MR) is 218 cm³/mol. The van der Waals surface area contributed by atoms with Gasteiger partial charge in [0.1, 0.15) is 23.0 Å². The lowest BCUT2D eigenvalue weighted by molar-refractivity contribution is 0.311. The van der Waals surface area contributed by atoms with Crippen molar-refractivity contribution >= 4 is 17.1 Å².